The first-order valence-electron chi connectivity index (χ1n) is 12.3. The number of nitrogens with two attached hydrogens (primary N) is 1. The van der Waals surface area contributed by atoms with Crippen LogP contribution in [0, 0.1) is 17.0 Å². The number of amidine groups is 1. The number of hydrogen-bond donors (Lipinski definition) is 4. The molecule has 12 heteroatoms. The summed E-state index contributed by atoms with van der Waals surface area (Å²) < 4.78 is 30.2. The Labute approximate surface area is 233 Å². The van der Waals surface area contributed by atoms with E-state index in [1.165, 1.54) is 29.2 Å². The van der Waals surface area contributed by atoms with E-state index in [-0.39, 0.29) is 58.9 Å². The third-order valence-corrected chi connectivity index (χ3v) is 6.54. The Balaban J connectivity index is 1.66. The zero-order valence-corrected chi connectivity index (χ0v) is 22.5. The van der Waals surface area contributed by atoms with E-state index in [4.69, 9.17) is 22.7 Å². The highest BCUT2D eigenvalue weighted by molar-refractivity contribution is 6.31. The summed E-state index contributed by atoms with van der Waals surface area (Å²) in [6, 6.07) is 12.9. The maximum atomic E-state index is 14.5. The fourth-order valence-corrected chi connectivity index (χ4v) is 4.52. The number of hydrogen-bond acceptors (Lipinski definition) is 5. The van der Waals surface area contributed by atoms with Crippen molar-refractivity contribution < 1.29 is 23.5 Å². The molecule has 208 valence electrons. The van der Waals surface area contributed by atoms with Crippen molar-refractivity contribution >= 4 is 51.7 Å². The minimum absolute atomic E-state index is 0.0123. The molecule has 0 radical (unpaired) electrons. The van der Waals surface area contributed by atoms with Crippen molar-refractivity contribution in [2.75, 3.05) is 16.8 Å². The van der Waals surface area contributed by atoms with Gasteiger partial charge in [-0.25, -0.2) is 13.8 Å². The average Bonchev–Trinajstić information content (AvgIpc) is 3.27. The van der Waals surface area contributed by atoms with Crippen molar-refractivity contribution in [3.8, 4) is 0 Å². The molecule has 40 heavy (non-hydrogen) atoms. The van der Waals surface area contributed by atoms with Gasteiger partial charge >= 0.3 is 5.97 Å². The largest absolute Gasteiger partial charge is 0.481 e. The normalized spacial score (nSPS) is 11.2. The smallest absolute Gasteiger partial charge is 0.305 e. The zero-order chi connectivity index (χ0) is 29.1. The Morgan fingerprint density at radius 1 is 1.10 bits per heavy atom. The van der Waals surface area contributed by atoms with Crippen LogP contribution < -0.4 is 16.0 Å². The number of amides is 1. The highest BCUT2D eigenvalue weighted by Crippen LogP contribution is 2.27. The van der Waals surface area contributed by atoms with Crippen molar-refractivity contribution in [1.82, 2.24) is 9.55 Å². The molecule has 4 rings (SSSR count). The number of fused-ring (bicyclic) bond motifs is 1. The number of carboxylic acid groups (broad SMARTS) is 1. The van der Waals surface area contributed by atoms with Gasteiger partial charge in [-0.2, -0.15) is 0 Å². The van der Waals surface area contributed by atoms with Crippen LogP contribution >= 0.6 is 11.6 Å². The molecule has 0 fully saturated rings. The van der Waals surface area contributed by atoms with E-state index in [9.17, 15) is 23.5 Å². The summed E-state index contributed by atoms with van der Waals surface area (Å²) in [5, 5.41) is 19.5. The molecule has 0 unspecified atom stereocenters. The van der Waals surface area contributed by atoms with Gasteiger partial charge in [-0.05, 0) is 68.4 Å². The predicted octanol–water partition coefficient (Wildman–Crippen LogP) is 5.57. The highest BCUT2D eigenvalue weighted by Gasteiger charge is 2.22. The lowest BCUT2D eigenvalue weighted by Crippen LogP contribution is -2.33. The summed E-state index contributed by atoms with van der Waals surface area (Å²) >= 11 is 5.92. The first-order chi connectivity index (χ1) is 19.0. The summed E-state index contributed by atoms with van der Waals surface area (Å²) in [5.74, 6) is -2.46. The number of rotatable bonds is 10. The van der Waals surface area contributed by atoms with E-state index < -0.39 is 23.5 Å². The summed E-state index contributed by atoms with van der Waals surface area (Å²) in [7, 11) is 0. The van der Waals surface area contributed by atoms with Crippen molar-refractivity contribution in [3.05, 3.63) is 88.2 Å². The molecule has 4 aromatic rings. The molecule has 0 bridgehead atoms. The summed E-state index contributed by atoms with van der Waals surface area (Å²) in [6.07, 6.45) is -0.329. The molecule has 0 atom stereocenters. The molecule has 0 aliphatic carbocycles. The average molecular weight is 569 g/mol. The van der Waals surface area contributed by atoms with Gasteiger partial charge in [0.05, 0.1) is 34.7 Å². The number of carbonyl (C=O) groups excluding carboxylic acids is 1. The Morgan fingerprint density at radius 3 is 2.45 bits per heavy atom. The first kappa shape index (κ1) is 28.5. The van der Waals surface area contributed by atoms with Crippen LogP contribution in [0.5, 0.6) is 0 Å². The van der Waals surface area contributed by atoms with E-state index in [0.29, 0.717) is 11.3 Å². The van der Waals surface area contributed by atoms with Crippen LogP contribution in [0.2, 0.25) is 5.02 Å². The minimum atomic E-state index is -1.10. The Morgan fingerprint density at radius 2 is 1.82 bits per heavy atom. The zero-order valence-electron chi connectivity index (χ0n) is 21.7. The number of aliphatic carboxylic acids is 1. The number of aromatic nitrogens is 2. The van der Waals surface area contributed by atoms with Gasteiger partial charge in [-0.15, -0.1) is 0 Å². The second-order valence-corrected chi connectivity index (χ2v) is 9.76. The monoisotopic (exact) mass is 568 g/mol. The van der Waals surface area contributed by atoms with E-state index in [2.05, 4.69) is 10.3 Å². The first-order valence-corrected chi connectivity index (χ1v) is 12.7. The SMILES string of the molecule is CC(C)n1c(CNc2ccc(C(=N)N)cc2F)nc2cc(C(=O)N(CCC(=O)O)c3ccc(F)c(Cl)c3)ccc21. The number of nitrogens with one attached hydrogen (secondary N) is 2. The molecule has 0 aliphatic heterocycles. The summed E-state index contributed by atoms with van der Waals surface area (Å²) in [6.45, 7) is 3.96. The van der Waals surface area contributed by atoms with Gasteiger partial charge in [0.2, 0.25) is 0 Å². The molecule has 3 aromatic carbocycles. The maximum Gasteiger partial charge on any atom is 0.305 e. The fourth-order valence-electron chi connectivity index (χ4n) is 4.35. The van der Waals surface area contributed by atoms with Crippen molar-refractivity contribution in [2.45, 2.75) is 32.9 Å². The van der Waals surface area contributed by atoms with E-state index >= 15 is 0 Å². The Kier molecular flexibility index (Phi) is 8.34. The Hall–Kier alpha value is -4.51. The molecule has 0 saturated heterocycles. The number of carbonyl (C=O) groups is 2. The lowest BCUT2D eigenvalue weighted by molar-refractivity contribution is -0.136. The van der Waals surface area contributed by atoms with Gasteiger partial charge in [0.15, 0.2) is 0 Å². The number of imidazole rings is 1. The second kappa shape index (κ2) is 11.7. The third kappa shape index (κ3) is 6.04. The molecule has 5 N–H and O–H groups in total. The number of nitrogens with zero attached hydrogens (tertiary/aromatic N) is 3. The van der Waals surface area contributed by atoms with Crippen molar-refractivity contribution in [1.29, 1.82) is 5.41 Å². The molecular weight excluding hydrogens is 542 g/mol. The molecule has 0 saturated carbocycles. The van der Waals surface area contributed by atoms with Crippen LogP contribution in [0.25, 0.3) is 11.0 Å². The number of carboxylic acids is 1. The third-order valence-electron chi connectivity index (χ3n) is 6.25. The molecule has 1 aromatic heterocycles. The Bertz CT molecular complexity index is 1620. The fraction of sp³-hybridized carbons (Fsp3) is 0.214. The summed E-state index contributed by atoms with van der Waals surface area (Å²) in [4.78, 5) is 30.7. The topological polar surface area (TPSA) is 137 Å². The molecule has 1 heterocycles. The molecule has 9 nitrogen and oxygen atoms in total. The van der Waals surface area contributed by atoms with Crippen LogP contribution in [0.1, 0.15) is 48.1 Å². The molecule has 0 spiro atoms. The second-order valence-electron chi connectivity index (χ2n) is 9.36. The lowest BCUT2D eigenvalue weighted by Gasteiger charge is -2.22. The van der Waals surface area contributed by atoms with Gasteiger partial charge in [0.25, 0.3) is 5.91 Å². The van der Waals surface area contributed by atoms with Crippen molar-refractivity contribution in [2.24, 2.45) is 5.73 Å². The van der Waals surface area contributed by atoms with E-state index in [1.807, 2.05) is 18.4 Å². The minimum Gasteiger partial charge on any atom is -0.481 e. The van der Waals surface area contributed by atoms with Gasteiger partial charge in [-0.3, -0.25) is 15.0 Å². The van der Waals surface area contributed by atoms with E-state index in [0.717, 1.165) is 11.6 Å². The van der Waals surface area contributed by atoms with Crippen LogP contribution in [-0.2, 0) is 11.3 Å². The van der Waals surface area contributed by atoms with Crippen molar-refractivity contribution in [3.63, 3.8) is 0 Å². The maximum absolute atomic E-state index is 14.5. The summed E-state index contributed by atoms with van der Waals surface area (Å²) in [5.41, 5.74) is 7.69. The van der Waals surface area contributed by atoms with Crippen LogP contribution in [0.4, 0.5) is 20.2 Å². The number of nitrogen functional groups attached to an aromatic ring is 1. The van der Waals surface area contributed by atoms with Gasteiger partial charge < -0.3 is 25.6 Å². The number of anilines is 2. The standard InChI is InChI=1S/C28H27ClF2N6O3/c1-15(2)37-24-8-4-17(28(40)36(10-9-26(38)39)18-5-6-20(30)19(29)13-18)12-23(24)35-25(37)14-34-22-7-3-16(27(32)33)11-21(22)31/h3-8,11-13,15,34H,9-10,14H2,1-2H3,(H3,32,33)(H,38,39). The highest BCUT2D eigenvalue weighted by atomic mass is 35.5. The van der Waals surface area contributed by atoms with Gasteiger partial charge in [0, 0.05) is 29.4 Å². The van der Waals surface area contributed by atoms with Gasteiger partial charge in [-0.1, -0.05) is 11.6 Å². The molecule has 1 amide bonds. The van der Waals surface area contributed by atoms with Crippen LogP contribution in [0.3, 0.4) is 0 Å². The molecule has 0 aliphatic rings. The van der Waals surface area contributed by atoms with Gasteiger partial charge in [0.1, 0.15) is 23.3 Å². The lowest BCUT2D eigenvalue weighted by atomic mass is 10.1. The van der Waals surface area contributed by atoms with Crippen LogP contribution in [-0.4, -0.2) is 38.9 Å². The predicted molar refractivity (Wildman–Crippen MR) is 150 cm³/mol. The number of benzene rings is 3. The number of halogens is 3. The quantitative estimate of drug-likeness (QED) is 0.146. The van der Waals surface area contributed by atoms with E-state index in [1.54, 1.807) is 24.3 Å². The van der Waals surface area contributed by atoms with Crippen LogP contribution in [0.15, 0.2) is 54.6 Å². The molecular formula is C28H27ClF2N6O3.